The molecular weight excluding hydrogens is 388 g/mol. The fourth-order valence-electron chi connectivity index (χ4n) is 2.85. The Balaban J connectivity index is 1.63. The molecule has 0 spiro atoms. The van der Waals surface area contributed by atoms with Crippen molar-refractivity contribution in [3.63, 3.8) is 0 Å². The van der Waals surface area contributed by atoms with Gasteiger partial charge in [0.1, 0.15) is 6.33 Å². The number of thioether (sulfide) groups is 1. The number of aromatic nitrogens is 4. The second-order valence-corrected chi connectivity index (χ2v) is 8.25. The van der Waals surface area contributed by atoms with E-state index in [1.54, 1.807) is 35.5 Å². The van der Waals surface area contributed by atoms with E-state index in [9.17, 15) is 4.79 Å². The molecule has 3 aromatic heterocycles. The Bertz CT molecular complexity index is 1080. The van der Waals surface area contributed by atoms with Crippen LogP contribution >= 0.6 is 23.1 Å². The average Bonchev–Trinajstić information content (AvgIpc) is 3.24. The minimum atomic E-state index is -0.0963. The van der Waals surface area contributed by atoms with E-state index < -0.39 is 0 Å². The van der Waals surface area contributed by atoms with Crippen LogP contribution in [0.1, 0.15) is 27.3 Å². The molecule has 3 heterocycles. The number of hydrogen-bond donors (Lipinski definition) is 1. The molecule has 4 aromatic rings. The second kappa shape index (κ2) is 8.95. The van der Waals surface area contributed by atoms with Gasteiger partial charge in [-0.3, -0.25) is 4.79 Å². The zero-order valence-electron chi connectivity index (χ0n) is 15.0. The number of H-pyrrole nitrogens is 1. The van der Waals surface area contributed by atoms with Gasteiger partial charge in [-0.1, -0.05) is 48.2 Å². The Kier molecular flexibility index (Phi) is 5.94. The van der Waals surface area contributed by atoms with Gasteiger partial charge in [-0.2, -0.15) is 0 Å². The van der Waals surface area contributed by atoms with Crippen LogP contribution in [-0.4, -0.2) is 19.9 Å². The molecule has 0 radical (unpaired) electrons. The van der Waals surface area contributed by atoms with Crippen molar-refractivity contribution in [2.75, 3.05) is 0 Å². The third-order valence-electron chi connectivity index (χ3n) is 4.21. The number of nitrogens with zero attached hydrogens (tertiary/aromatic N) is 3. The highest BCUT2D eigenvalue weighted by Crippen LogP contribution is 2.22. The molecule has 0 bridgehead atoms. The fourth-order valence-corrected chi connectivity index (χ4v) is 4.39. The molecule has 0 aliphatic heterocycles. The van der Waals surface area contributed by atoms with E-state index in [1.165, 1.54) is 16.8 Å². The Hall–Kier alpha value is -2.77. The van der Waals surface area contributed by atoms with E-state index in [4.69, 9.17) is 4.98 Å². The summed E-state index contributed by atoms with van der Waals surface area (Å²) in [6.07, 6.45) is 6.07. The molecule has 140 valence electrons. The van der Waals surface area contributed by atoms with E-state index in [-0.39, 0.29) is 5.56 Å². The number of thiophene rings is 1. The molecule has 0 fully saturated rings. The molecular formula is C21H18N4OS2. The van der Waals surface area contributed by atoms with Crippen molar-refractivity contribution in [3.05, 3.63) is 104 Å². The van der Waals surface area contributed by atoms with Gasteiger partial charge in [-0.25, -0.2) is 15.0 Å². The number of benzene rings is 1. The summed E-state index contributed by atoms with van der Waals surface area (Å²) in [5.41, 5.74) is 3.48. The van der Waals surface area contributed by atoms with Gasteiger partial charge in [-0.05, 0) is 22.6 Å². The van der Waals surface area contributed by atoms with E-state index >= 15 is 0 Å². The Morgan fingerprint density at radius 3 is 2.54 bits per heavy atom. The predicted molar refractivity (Wildman–Crippen MR) is 113 cm³/mol. The van der Waals surface area contributed by atoms with E-state index in [1.807, 2.05) is 29.6 Å². The third kappa shape index (κ3) is 4.74. The molecule has 0 saturated heterocycles. The van der Waals surface area contributed by atoms with Gasteiger partial charge in [0.05, 0.1) is 5.69 Å². The van der Waals surface area contributed by atoms with Gasteiger partial charge in [0, 0.05) is 41.4 Å². The van der Waals surface area contributed by atoms with Gasteiger partial charge in [-0.15, -0.1) is 11.3 Å². The van der Waals surface area contributed by atoms with Crippen LogP contribution in [0.25, 0.3) is 0 Å². The predicted octanol–water partition coefficient (Wildman–Crippen LogP) is 4.10. The molecule has 0 aliphatic rings. The van der Waals surface area contributed by atoms with Gasteiger partial charge in [0.25, 0.3) is 5.56 Å². The smallest absolute Gasteiger partial charge is 0.255 e. The first-order valence-electron chi connectivity index (χ1n) is 8.83. The Morgan fingerprint density at radius 1 is 0.964 bits per heavy atom. The normalized spacial score (nSPS) is 10.9. The summed E-state index contributed by atoms with van der Waals surface area (Å²) in [4.78, 5) is 29.9. The lowest BCUT2D eigenvalue weighted by Gasteiger charge is -2.10. The number of rotatable bonds is 7. The van der Waals surface area contributed by atoms with Gasteiger partial charge >= 0.3 is 0 Å². The van der Waals surface area contributed by atoms with Crippen molar-refractivity contribution in [3.8, 4) is 0 Å². The molecule has 5 nitrogen and oxygen atoms in total. The van der Waals surface area contributed by atoms with Crippen LogP contribution in [0.3, 0.4) is 0 Å². The summed E-state index contributed by atoms with van der Waals surface area (Å²) in [6.45, 7) is 0. The highest BCUT2D eigenvalue weighted by Gasteiger charge is 2.14. The van der Waals surface area contributed by atoms with Crippen molar-refractivity contribution in [2.24, 2.45) is 0 Å². The first-order chi connectivity index (χ1) is 13.8. The maximum absolute atomic E-state index is 12.9. The van der Waals surface area contributed by atoms with Crippen molar-refractivity contribution >= 4 is 23.1 Å². The lowest BCUT2D eigenvalue weighted by molar-refractivity contribution is 0.843. The number of aromatic amines is 1. The molecule has 7 heteroatoms. The highest BCUT2D eigenvalue weighted by molar-refractivity contribution is 7.98. The van der Waals surface area contributed by atoms with Crippen LogP contribution in [0.2, 0.25) is 0 Å². The summed E-state index contributed by atoms with van der Waals surface area (Å²) in [6, 6.07) is 14.2. The van der Waals surface area contributed by atoms with Crippen LogP contribution < -0.4 is 5.56 Å². The first kappa shape index (κ1) is 18.6. The molecule has 1 aromatic carbocycles. The van der Waals surface area contributed by atoms with Gasteiger partial charge < -0.3 is 4.98 Å². The van der Waals surface area contributed by atoms with Crippen LogP contribution in [-0.2, 0) is 18.6 Å². The topological polar surface area (TPSA) is 71.5 Å². The van der Waals surface area contributed by atoms with Crippen LogP contribution in [0, 0.1) is 0 Å². The first-order valence-corrected chi connectivity index (χ1v) is 10.7. The van der Waals surface area contributed by atoms with Crippen molar-refractivity contribution in [1.82, 2.24) is 19.9 Å². The lowest BCUT2D eigenvalue weighted by atomic mass is 10.1. The molecule has 0 unspecified atom stereocenters. The summed E-state index contributed by atoms with van der Waals surface area (Å²) in [5, 5.41) is 2.69. The fraction of sp³-hybridized carbons (Fsp3) is 0.143. The summed E-state index contributed by atoms with van der Waals surface area (Å²) < 4.78 is 0. The zero-order valence-corrected chi connectivity index (χ0v) is 16.7. The van der Waals surface area contributed by atoms with Crippen molar-refractivity contribution in [1.29, 1.82) is 0 Å². The molecule has 0 aliphatic carbocycles. The molecule has 0 amide bonds. The molecule has 0 atom stereocenters. The number of nitrogens with one attached hydrogen (secondary N) is 1. The van der Waals surface area contributed by atoms with Gasteiger partial charge in [0.2, 0.25) is 0 Å². The monoisotopic (exact) mass is 406 g/mol. The average molecular weight is 407 g/mol. The summed E-state index contributed by atoms with van der Waals surface area (Å²) in [5.74, 6) is 0.758. The second-order valence-electron chi connectivity index (χ2n) is 6.25. The molecule has 1 N–H and O–H groups in total. The molecule has 28 heavy (non-hydrogen) atoms. The summed E-state index contributed by atoms with van der Waals surface area (Å²) >= 11 is 3.21. The standard InChI is InChI=1S/C21H18N4OS2/c26-20-18(9-16-11-22-14-23-12-16)19(10-17-7-4-8-27-17)24-21(25-20)28-13-15-5-2-1-3-6-15/h1-8,11-12,14H,9-10,13H2,(H,24,25,26). The lowest BCUT2D eigenvalue weighted by Crippen LogP contribution is -2.19. The zero-order chi connectivity index (χ0) is 19.2. The third-order valence-corrected chi connectivity index (χ3v) is 6.04. The van der Waals surface area contributed by atoms with Crippen LogP contribution in [0.4, 0.5) is 0 Å². The Labute approximate surface area is 171 Å². The van der Waals surface area contributed by atoms with E-state index in [2.05, 4.69) is 33.2 Å². The van der Waals surface area contributed by atoms with Crippen LogP contribution in [0.15, 0.2) is 76.5 Å². The van der Waals surface area contributed by atoms with Crippen molar-refractivity contribution < 1.29 is 0 Å². The summed E-state index contributed by atoms with van der Waals surface area (Å²) in [7, 11) is 0. The van der Waals surface area contributed by atoms with Gasteiger partial charge in [0.15, 0.2) is 5.16 Å². The maximum atomic E-state index is 12.9. The van der Waals surface area contributed by atoms with Crippen molar-refractivity contribution in [2.45, 2.75) is 23.8 Å². The highest BCUT2D eigenvalue weighted by atomic mass is 32.2. The van der Waals surface area contributed by atoms with Crippen LogP contribution in [0.5, 0.6) is 0 Å². The maximum Gasteiger partial charge on any atom is 0.255 e. The molecule has 0 saturated carbocycles. The quantitative estimate of drug-likeness (QED) is 0.370. The largest absolute Gasteiger partial charge is 0.301 e. The molecule has 4 rings (SSSR count). The van der Waals surface area contributed by atoms with E-state index in [0.29, 0.717) is 23.6 Å². The minimum Gasteiger partial charge on any atom is -0.301 e. The minimum absolute atomic E-state index is 0.0963. The van der Waals surface area contributed by atoms with E-state index in [0.717, 1.165) is 17.0 Å². The SMILES string of the molecule is O=c1[nH]c(SCc2ccccc2)nc(Cc2cccs2)c1Cc1cncnc1. The number of hydrogen-bond acceptors (Lipinski definition) is 6. The Morgan fingerprint density at radius 2 is 1.79 bits per heavy atom.